The molecule has 0 aromatic heterocycles. The van der Waals surface area contributed by atoms with Crippen LogP contribution in [0.3, 0.4) is 0 Å². The lowest BCUT2D eigenvalue weighted by Crippen LogP contribution is -2.19. The van der Waals surface area contributed by atoms with Crippen molar-refractivity contribution in [1.82, 2.24) is 4.90 Å². The highest BCUT2D eigenvalue weighted by Gasteiger charge is 2.10. The quantitative estimate of drug-likeness (QED) is 0.612. The van der Waals surface area contributed by atoms with Crippen molar-refractivity contribution in [2.45, 2.75) is 6.92 Å². The van der Waals surface area contributed by atoms with Gasteiger partial charge in [-0.1, -0.05) is 0 Å². The second-order valence-corrected chi connectivity index (χ2v) is 4.12. The number of hydrogen-bond acceptors (Lipinski definition) is 5. The molecule has 2 N–H and O–H groups in total. The minimum absolute atomic E-state index is 0.347. The third kappa shape index (κ3) is 4.25. The van der Waals surface area contributed by atoms with Crippen LogP contribution in [-0.2, 0) is 4.74 Å². The van der Waals surface area contributed by atoms with E-state index in [1.165, 1.54) is 0 Å². The Morgan fingerprint density at radius 1 is 1.39 bits per heavy atom. The van der Waals surface area contributed by atoms with Crippen molar-refractivity contribution in [2.75, 3.05) is 39.6 Å². The highest BCUT2D eigenvalue weighted by atomic mass is 16.5. The number of benzene rings is 1. The number of esters is 1. The van der Waals surface area contributed by atoms with E-state index in [2.05, 4.69) is 0 Å². The zero-order valence-corrected chi connectivity index (χ0v) is 11.1. The summed E-state index contributed by atoms with van der Waals surface area (Å²) in [5, 5.41) is 0. The zero-order chi connectivity index (χ0) is 13.5. The number of hydrogen-bond donors (Lipinski definition) is 1. The van der Waals surface area contributed by atoms with Crippen LogP contribution in [0.15, 0.2) is 18.2 Å². The maximum Gasteiger partial charge on any atom is 0.338 e. The molecule has 0 fully saturated rings. The Bertz CT molecular complexity index is 405. The molecule has 5 nitrogen and oxygen atoms in total. The van der Waals surface area contributed by atoms with Crippen LogP contribution in [-0.4, -0.2) is 44.7 Å². The minimum atomic E-state index is -0.366. The Hall–Kier alpha value is -1.75. The van der Waals surface area contributed by atoms with Gasteiger partial charge in [-0.3, -0.25) is 0 Å². The fourth-order valence-corrected chi connectivity index (χ4v) is 1.34. The average molecular weight is 252 g/mol. The normalized spacial score (nSPS) is 10.4. The highest BCUT2D eigenvalue weighted by molar-refractivity contribution is 5.90. The molecule has 0 aliphatic heterocycles. The number of nitrogen functional groups attached to an aromatic ring is 1. The summed E-state index contributed by atoms with van der Waals surface area (Å²) in [5.74, 6) is 0.150. The molecule has 0 aliphatic carbocycles. The lowest BCUT2D eigenvalue weighted by molar-refractivity contribution is 0.0526. The van der Waals surface area contributed by atoms with Crippen molar-refractivity contribution in [3.8, 4) is 5.75 Å². The molecule has 0 unspecified atom stereocenters. The molecule has 1 aromatic carbocycles. The van der Waals surface area contributed by atoms with E-state index >= 15 is 0 Å². The molecule has 100 valence electrons. The predicted octanol–water partition coefficient (Wildman–Crippen LogP) is 1.39. The van der Waals surface area contributed by atoms with E-state index in [0.717, 1.165) is 6.54 Å². The van der Waals surface area contributed by atoms with E-state index in [1.807, 2.05) is 19.0 Å². The van der Waals surface area contributed by atoms with Crippen LogP contribution in [0, 0.1) is 0 Å². The maximum atomic E-state index is 11.6. The van der Waals surface area contributed by atoms with E-state index in [0.29, 0.717) is 30.2 Å². The molecule has 18 heavy (non-hydrogen) atoms. The molecule has 1 rings (SSSR count). The van der Waals surface area contributed by atoms with Gasteiger partial charge in [0, 0.05) is 6.54 Å². The van der Waals surface area contributed by atoms with Crippen LogP contribution in [0.2, 0.25) is 0 Å². The molecule has 0 saturated heterocycles. The van der Waals surface area contributed by atoms with Gasteiger partial charge >= 0.3 is 5.97 Å². The molecule has 1 aromatic rings. The minimum Gasteiger partial charge on any atom is -0.490 e. The summed E-state index contributed by atoms with van der Waals surface area (Å²) in [6.07, 6.45) is 0. The molecule has 0 atom stereocenters. The third-order valence-electron chi connectivity index (χ3n) is 2.32. The van der Waals surface area contributed by atoms with E-state index in [-0.39, 0.29) is 5.97 Å². The zero-order valence-electron chi connectivity index (χ0n) is 11.1. The SMILES string of the molecule is CCOC(=O)c1ccc(N)c(OCCN(C)C)c1. The average Bonchev–Trinajstić information content (AvgIpc) is 2.31. The van der Waals surface area contributed by atoms with E-state index in [4.69, 9.17) is 15.2 Å². The Balaban J connectivity index is 2.71. The number of carbonyl (C=O) groups is 1. The lowest BCUT2D eigenvalue weighted by atomic mass is 10.2. The molecule has 0 aliphatic rings. The van der Waals surface area contributed by atoms with Gasteiger partial charge in [-0.15, -0.1) is 0 Å². The Morgan fingerprint density at radius 3 is 2.72 bits per heavy atom. The van der Waals surface area contributed by atoms with Crippen LogP contribution < -0.4 is 10.5 Å². The van der Waals surface area contributed by atoms with Crippen LogP contribution in [0.25, 0.3) is 0 Å². The van der Waals surface area contributed by atoms with Crippen molar-refractivity contribution in [3.05, 3.63) is 23.8 Å². The smallest absolute Gasteiger partial charge is 0.338 e. The summed E-state index contributed by atoms with van der Waals surface area (Å²) in [6, 6.07) is 4.90. The number of nitrogens with two attached hydrogens (primary N) is 1. The molecular weight excluding hydrogens is 232 g/mol. The van der Waals surface area contributed by atoms with E-state index in [9.17, 15) is 4.79 Å². The van der Waals surface area contributed by atoms with Gasteiger partial charge in [0.05, 0.1) is 17.9 Å². The first kappa shape index (κ1) is 14.3. The molecule has 0 radical (unpaired) electrons. The first-order chi connectivity index (χ1) is 8.54. The van der Waals surface area contributed by atoms with Gasteiger partial charge in [-0.05, 0) is 39.2 Å². The third-order valence-corrected chi connectivity index (χ3v) is 2.32. The topological polar surface area (TPSA) is 64.8 Å². The van der Waals surface area contributed by atoms with Crippen molar-refractivity contribution in [1.29, 1.82) is 0 Å². The molecule has 0 heterocycles. The molecule has 0 amide bonds. The van der Waals surface area contributed by atoms with Crippen molar-refractivity contribution in [2.24, 2.45) is 0 Å². The summed E-state index contributed by atoms with van der Waals surface area (Å²) >= 11 is 0. The molecular formula is C13H20N2O3. The number of ether oxygens (including phenoxy) is 2. The van der Waals surface area contributed by atoms with Gasteiger partial charge in [0.2, 0.25) is 0 Å². The van der Waals surface area contributed by atoms with Gasteiger partial charge < -0.3 is 20.1 Å². The lowest BCUT2D eigenvalue weighted by Gasteiger charge is -2.13. The largest absolute Gasteiger partial charge is 0.490 e. The molecule has 0 spiro atoms. The molecule has 0 bridgehead atoms. The second kappa shape index (κ2) is 6.86. The van der Waals surface area contributed by atoms with Gasteiger partial charge in [0.25, 0.3) is 0 Å². The van der Waals surface area contributed by atoms with Crippen LogP contribution in [0.1, 0.15) is 17.3 Å². The highest BCUT2D eigenvalue weighted by Crippen LogP contribution is 2.23. The van der Waals surface area contributed by atoms with Gasteiger partial charge in [-0.2, -0.15) is 0 Å². The first-order valence-corrected chi connectivity index (χ1v) is 5.88. The van der Waals surface area contributed by atoms with Crippen molar-refractivity contribution >= 4 is 11.7 Å². The fraction of sp³-hybridized carbons (Fsp3) is 0.462. The van der Waals surface area contributed by atoms with Gasteiger partial charge in [-0.25, -0.2) is 4.79 Å². The standard InChI is InChI=1S/C13H20N2O3/c1-4-17-13(16)10-5-6-11(14)12(9-10)18-8-7-15(2)3/h5-6,9H,4,7-8,14H2,1-3H3. The van der Waals surface area contributed by atoms with Crippen LogP contribution in [0.4, 0.5) is 5.69 Å². The fourth-order valence-electron chi connectivity index (χ4n) is 1.34. The monoisotopic (exact) mass is 252 g/mol. The van der Waals surface area contributed by atoms with Gasteiger partial charge in [0.1, 0.15) is 12.4 Å². The van der Waals surface area contributed by atoms with Crippen LogP contribution >= 0.6 is 0 Å². The summed E-state index contributed by atoms with van der Waals surface area (Å²) < 4.78 is 10.5. The summed E-state index contributed by atoms with van der Waals surface area (Å²) in [5.41, 5.74) is 6.76. The predicted molar refractivity (Wildman–Crippen MR) is 70.9 cm³/mol. The number of rotatable bonds is 6. The van der Waals surface area contributed by atoms with Crippen LogP contribution in [0.5, 0.6) is 5.75 Å². The Kier molecular flexibility index (Phi) is 5.45. The summed E-state index contributed by atoms with van der Waals surface area (Å²) in [6.45, 7) is 3.41. The number of carbonyl (C=O) groups excluding carboxylic acids is 1. The number of anilines is 1. The van der Waals surface area contributed by atoms with E-state index < -0.39 is 0 Å². The Labute approximate surface area is 107 Å². The number of likely N-dealkylation sites (N-methyl/N-ethyl adjacent to an activating group) is 1. The number of nitrogens with zero attached hydrogens (tertiary/aromatic N) is 1. The summed E-state index contributed by atoms with van der Waals surface area (Å²) in [7, 11) is 3.92. The van der Waals surface area contributed by atoms with Gasteiger partial charge in [0.15, 0.2) is 0 Å². The first-order valence-electron chi connectivity index (χ1n) is 5.88. The van der Waals surface area contributed by atoms with Crippen molar-refractivity contribution in [3.63, 3.8) is 0 Å². The maximum absolute atomic E-state index is 11.6. The summed E-state index contributed by atoms with van der Waals surface area (Å²) in [4.78, 5) is 13.6. The van der Waals surface area contributed by atoms with E-state index in [1.54, 1.807) is 25.1 Å². The van der Waals surface area contributed by atoms with Crippen molar-refractivity contribution < 1.29 is 14.3 Å². The molecule has 0 saturated carbocycles. The molecule has 5 heteroatoms. The Morgan fingerprint density at radius 2 is 2.11 bits per heavy atom. The second-order valence-electron chi connectivity index (χ2n) is 4.12.